The summed E-state index contributed by atoms with van der Waals surface area (Å²) in [6.07, 6.45) is 0.719. The minimum atomic E-state index is -1.25. The number of hydrogen-bond donors (Lipinski definition) is 4. The molecule has 2 rings (SSSR count). The Labute approximate surface area is 117 Å². The molecule has 9 nitrogen and oxygen atoms in total. The molecule has 0 aromatic carbocycles. The summed E-state index contributed by atoms with van der Waals surface area (Å²) < 4.78 is 6.21. The number of ether oxygens (including phenoxy) is 1. The lowest BCUT2D eigenvalue weighted by molar-refractivity contribution is -0.131. The summed E-state index contributed by atoms with van der Waals surface area (Å²) in [5.41, 5.74) is -1.62. The Morgan fingerprint density at radius 3 is 2.81 bits per heavy atom. The van der Waals surface area contributed by atoms with Gasteiger partial charge in [-0.2, -0.15) is 0 Å². The van der Waals surface area contributed by atoms with Crippen LogP contribution in [0.4, 0.5) is 0 Å². The van der Waals surface area contributed by atoms with Crippen LogP contribution in [0.25, 0.3) is 6.08 Å². The van der Waals surface area contributed by atoms with Gasteiger partial charge >= 0.3 is 11.7 Å². The summed E-state index contributed by atoms with van der Waals surface area (Å²) in [7, 11) is 0. The first-order valence-electron chi connectivity index (χ1n) is 6.11. The smallest absolute Gasteiger partial charge is 0.330 e. The molecule has 4 N–H and O–H groups in total. The van der Waals surface area contributed by atoms with Crippen LogP contribution in [0.2, 0.25) is 0 Å². The predicted octanol–water partition coefficient (Wildman–Crippen LogP) is -1.87. The zero-order valence-corrected chi connectivity index (χ0v) is 10.8. The normalized spacial score (nSPS) is 25.5. The number of aliphatic hydroxyl groups excluding tert-OH is 2. The van der Waals surface area contributed by atoms with Crippen molar-refractivity contribution in [1.82, 2.24) is 9.55 Å². The van der Waals surface area contributed by atoms with Crippen molar-refractivity contribution in [3.05, 3.63) is 38.7 Å². The molecular weight excluding hydrogens is 284 g/mol. The summed E-state index contributed by atoms with van der Waals surface area (Å²) in [5, 5.41) is 27.6. The fourth-order valence-electron chi connectivity index (χ4n) is 2.03. The minimum Gasteiger partial charge on any atom is -0.478 e. The molecule has 0 bridgehead atoms. The van der Waals surface area contributed by atoms with Gasteiger partial charge in [0.2, 0.25) is 0 Å². The van der Waals surface area contributed by atoms with Crippen molar-refractivity contribution in [2.75, 3.05) is 13.2 Å². The molecule has 1 aliphatic heterocycles. The molecule has 1 aromatic rings. The Morgan fingerprint density at radius 2 is 2.24 bits per heavy atom. The number of hydrogen-bond acceptors (Lipinski definition) is 6. The highest BCUT2D eigenvalue weighted by Gasteiger charge is 2.37. The molecular formula is C12H14N2O7. The van der Waals surface area contributed by atoms with Crippen LogP contribution < -0.4 is 11.2 Å². The largest absolute Gasteiger partial charge is 0.478 e. The van der Waals surface area contributed by atoms with Gasteiger partial charge in [0.25, 0.3) is 5.56 Å². The average Bonchev–Trinajstić information content (AvgIpc) is 2.78. The monoisotopic (exact) mass is 298 g/mol. The fraction of sp³-hybridized carbons (Fsp3) is 0.417. The molecule has 114 valence electrons. The highest BCUT2D eigenvalue weighted by Crippen LogP contribution is 2.27. The summed E-state index contributed by atoms with van der Waals surface area (Å²) in [6.45, 7) is -0.240. The minimum absolute atomic E-state index is 0.0637. The Bertz CT molecular complexity index is 675. The van der Waals surface area contributed by atoms with Crippen molar-refractivity contribution < 1.29 is 24.9 Å². The molecule has 2 heterocycles. The topological polar surface area (TPSA) is 142 Å². The van der Waals surface area contributed by atoms with Crippen molar-refractivity contribution in [2.45, 2.75) is 12.3 Å². The Kier molecular flexibility index (Phi) is 4.36. The second kappa shape index (κ2) is 6.04. The van der Waals surface area contributed by atoms with Gasteiger partial charge in [-0.25, -0.2) is 9.59 Å². The molecule has 21 heavy (non-hydrogen) atoms. The molecule has 0 spiro atoms. The molecule has 3 atom stereocenters. The van der Waals surface area contributed by atoms with E-state index in [0.29, 0.717) is 0 Å². The first kappa shape index (κ1) is 15.2. The van der Waals surface area contributed by atoms with Gasteiger partial charge in [0.15, 0.2) is 6.23 Å². The van der Waals surface area contributed by atoms with Crippen LogP contribution >= 0.6 is 0 Å². The second-order valence-electron chi connectivity index (χ2n) is 4.58. The van der Waals surface area contributed by atoms with E-state index in [-0.39, 0.29) is 18.8 Å². The average molecular weight is 298 g/mol. The van der Waals surface area contributed by atoms with E-state index in [1.165, 1.54) is 0 Å². The lowest BCUT2D eigenvalue weighted by atomic mass is 10.1. The maximum absolute atomic E-state index is 11.8. The standard InChI is InChI=1S/C12H14N2O7/c15-4-7-5-21-11(9(7)18)14-3-6(1-2-8(16)17)10(19)13-12(14)20/h1-3,7,9,11,15,18H,4-5H2,(H,16,17)(H,13,19,20)/b2-1+/t7-,9+,11+/m0/s1. The number of aliphatic carboxylic acids is 1. The number of nitrogens with zero attached hydrogens (tertiary/aromatic N) is 1. The van der Waals surface area contributed by atoms with Crippen LogP contribution in [0, 0.1) is 5.92 Å². The van der Waals surface area contributed by atoms with Gasteiger partial charge in [-0.3, -0.25) is 14.3 Å². The van der Waals surface area contributed by atoms with Gasteiger partial charge in [0, 0.05) is 18.2 Å². The number of nitrogens with one attached hydrogen (secondary N) is 1. The van der Waals surface area contributed by atoms with Crippen molar-refractivity contribution in [3.8, 4) is 0 Å². The number of H-pyrrole nitrogens is 1. The van der Waals surface area contributed by atoms with Crippen LogP contribution in [0.5, 0.6) is 0 Å². The third-order valence-corrected chi connectivity index (χ3v) is 3.17. The van der Waals surface area contributed by atoms with Crippen molar-refractivity contribution in [3.63, 3.8) is 0 Å². The third-order valence-electron chi connectivity index (χ3n) is 3.17. The van der Waals surface area contributed by atoms with Crippen LogP contribution in [0.1, 0.15) is 11.8 Å². The lowest BCUT2D eigenvalue weighted by Gasteiger charge is -2.18. The summed E-state index contributed by atoms with van der Waals surface area (Å²) >= 11 is 0. The number of carboxylic acid groups (broad SMARTS) is 1. The van der Waals surface area contributed by atoms with E-state index in [2.05, 4.69) is 0 Å². The van der Waals surface area contributed by atoms with Gasteiger partial charge in [0.1, 0.15) is 6.10 Å². The number of aromatic amines is 1. The van der Waals surface area contributed by atoms with Crippen LogP contribution in [0.3, 0.4) is 0 Å². The van der Waals surface area contributed by atoms with Crippen molar-refractivity contribution >= 4 is 12.0 Å². The fourth-order valence-corrected chi connectivity index (χ4v) is 2.03. The van der Waals surface area contributed by atoms with Crippen molar-refractivity contribution in [2.24, 2.45) is 5.92 Å². The van der Waals surface area contributed by atoms with Crippen LogP contribution in [-0.4, -0.2) is 50.2 Å². The Morgan fingerprint density at radius 1 is 1.52 bits per heavy atom. The van der Waals surface area contributed by atoms with Crippen LogP contribution in [0.15, 0.2) is 21.9 Å². The lowest BCUT2D eigenvalue weighted by Crippen LogP contribution is -2.37. The number of aromatic nitrogens is 2. The van der Waals surface area contributed by atoms with Gasteiger partial charge < -0.3 is 20.1 Å². The maximum atomic E-state index is 11.8. The summed E-state index contributed by atoms with van der Waals surface area (Å²) in [5.74, 6) is -1.78. The van der Waals surface area contributed by atoms with Gasteiger partial charge in [-0.1, -0.05) is 0 Å². The third kappa shape index (κ3) is 3.10. The molecule has 1 aliphatic rings. The van der Waals surface area contributed by atoms with Gasteiger partial charge in [-0.15, -0.1) is 0 Å². The summed E-state index contributed by atoms with van der Waals surface area (Å²) in [4.78, 5) is 35.8. The zero-order chi connectivity index (χ0) is 15.6. The second-order valence-corrected chi connectivity index (χ2v) is 4.58. The van der Waals surface area contributed by atoms with Gasteiger partial charge in [-0.05, 0) is 6.08 Å². The predicted molar refractivity (Wildman–Crippen MR) is 69.6 cm³/mol. The van der Waals surface area contributed by atoms with E-state index in [4.69, 9.17) is 14.9 Å². The molecule has 0 aliphatic carbocycles. The first-order valence-corrected chi connectivity index (χ1v) is 6.11. The number of carboxylic acids is 1. The molecule has 0 amide bonds. The Hall–Kier alpha value is -2.23. The Balaban J connectivity index is 2.41. The molecule has 0 saturated carbocycles. The van der Waals surface area contributed by atoms with Crippen LogP contribution in [-0.2, 0) is 9.53 Å². The van der Waals surface area contributed by atoms with E-state index >= 15 is 0 Å². The molecule has 1 fully saturated rings. The number of rotatable bonds is 4. The quantitative estimate of drug-likeness (QED) is 0.477. The van der Waals surface area contributed by atoms with E-state index in [1.54, 1.807) is 0 Å². The summed E-state index contributed by atoms with van der Waals surface area (Å²) in [6, 6.07) is 0. The highest BCUT2D eigenvalue weighted by atomic mass is 16.5. The van der Waals surface area contributed by atoms with E-state index in [9.17, 15) is 19.5 Å². The molecule has 9 heteroatoms. The molecule has 1 aromatic heterocycles. The number of carbonyl (C=O) groups is 1. The van der Waals surface area contributed by atoms with E-state index < -0.39 is 35.5 Å². The SMILES string of the molecule is O=C(O)/C=C/c1cn([C@@H]2OC[C@H](CO)[C@H]2O)c(=O)[nH]c1=O. The van der Waals surface area contributed by atoms with Crippen molar-refractivity contribution in [1.29, 1.82) is 0 Å². The zero-order valence-electron chi connectivity index (χ0n) is 10.8. The highest BCUT2D eigenvalue weighted by molar-refractivity contribution is 5.85. The molecule has 0 unspecified atom stereocenters. The maximum Gasteiger partial charge on any atom is 0.330 e. The first-order chi connectivity index (χ1) is 9.93. The molecule has 0 radical (unpaired) electrons. The van der Waals surface area contributed by atoms with E-state index in [0.717, 1.165) is 22.9 Å². The number of aliphatic hydroxyl groups is 2. The molecule has 1 saturated heterocycles. The van der Waals surface area contributed by atoms with Gasteiger partial charge in [0.05, 0.1) is 18.8 Å². The van der Waals surface area contributed by atoms with E-state index in [1.807, 2.05) is 4.98 Å².